The van der Waals surface area contributed by atoms with Crippen LogP contribution in [0.2, 0.25) is 0 Å². The van der Waals surface area contributed by atoms with E-state index in [2.05, 4.69) is 20.6 Å². The molecule has 3 aromatic carbocycles. The van der Waals surface area contributed by atoms with Gasteiger partial charge in [0.05, 0.1) is 35.2 Å². The first-order chi connectivity index (χ1) is 14.2. The van der Waals surface area contributed by atoms with Crippen molar-refractivity contribution in [2.75, 3.05) is 0 Å². The van der Waals surface area contributed by atoms with Gasteiger partial charge in [0.15, 0.2) is 0 Å². The normalized spacial score (nSPS) is 11.2. The molecule has 0 unspecified atom stereocenters. The zero-order valence-corrected chi connectivity index (χ0v) is 15.3. The minimum absolute atomic E-state index is 0.181. The number of carbonyl (C=O) groups excluding carboxylic acids is 1. The second-order valence-corrected chi connectivity index (χ2v) is 6.75. The summed E-state index contributed by atoms with van der Waals surface area (Å²) in [6.07, 6.45) is 1.69. The molecule has 0 spiro atoms. The molecule has 3 N–H and O–H groups in total. The van der Waals surface area contributed by atoms with E-state index in [1.807, 2.05) is 36.4 Å². The highest BCUT2D eigenvalue weighted by Gasteiger charge is 2.11. The third-order valence-electron chi connectivity index (χ3n) is 4.87. The van der Waals surface area contributed by atoms with Crippen LogP contribution in [0.1, 0.15) is 16.1 Å². The van der Waals surface area contributed by atoms with E-state index in [9.17, 15) is 9.90 Å². The molecule has 0 bridgehead atoms. The third-order valence-corrected chi connectivity index (χ3v) is 4.87. The highest BCUT2D eigenvalue weighted by atomic mass is 16.3. The summed E-state index contributed by atoms with van der Waals surface area (Å²) in [5, 5.41) is 26.0. The maximum Gasteiger partial charge on any atom is 0.251 e. The lowest BCUT2D eigenvalue weighted by Crippen LogP contribution is -2.23. The highest BCUT2D eigenvalue weighted by molar-refractivity contribution is 5.95. The number of hydrogen-bond donors (Lipinski definition) is 3. The van der Waals surface area contributed by atoms with Crippen LogP contribution in [0.5, 0.6) is 5.75 Å². The monoisotopic (exact) mass is 383 g/mol. The predicted octanol–water partition coefficient (Wildman–Crippen LogP) is 3.54. The molecule has 5 aromatic rings. The molecule has 5 rings (SSSR count). The summed E-state index contributed by atoms with van der Waals surface area (Å²) in [4.78, 5) is 12.7. The van der Waals surface area contributed by atoms with E-state index in [4.69, 9.17) is 0 Å². The maximum absolute atomic E-state index is 12.7. The van der Waals surface area contributed by atoms with Crippen LogP contribution in [-0.2, 0) is 6.54 Å². The molecule has 7 heteroatoms. The lowest BCUT2D eigenvalue weighted by Gasteiger charge is -2.08. The van der Waals surface area contributed by atoms with E-state index >= 15 is 0 Å². The molecule has 0 atom stereocenters. The van der Waals surface area contributed by atoms with Gasteiger partial charge in [-0.15, -0.1) is 0 Å². The number of hydrogen-bond acceptors (Lipinski definition) is 4. The van der Waals surface area contributed by atoms with Crippen LogP contribution in [0.3, 0.4) is 0 Å². The van der Waals surface area contributed by atoms with Crippen molar-refractivity contribution in [1.29, 1.82) is 0 Å². The number of aromatic nitrogens is 4. The Hall–Kier alpha value is -4.13. The SMILES string of the molecule is O=C(NCc1[nH]nc2ccccc12)c1cccc(-n2ncc3cc(O)ccc32)c1. The van der Waals surface area contributed by atoms with Crippen LogP contribution in [-0.4, -0.2) is 31.0 Å². The smallest absolute Gasteiger partial charge is 0.251 e. The number of benzene rings is 3. The van der Waals surface area contributed by atoms with E-state index < -0.39 is 0 Å². The van der Waals surface area contributed by atoms with Gasteiger partial charge < -0.3 is 10.4 Å². The lowest BCUT2D eigenvalue weighted by atomic mass is 10.1. The fourth-order valence-corrected chi connectivity index (χ4v) is 3.42. The number of phenols is 1. The lowest BCUT2D eigenvalue weighted by molar-refractivity contribution is 0.0950. The summed E-state index contributed by atoms with van der Waals surface area (Å²) in [6.45, 7) is 0.355. The standard InChI is InChI=1S/C22H17N5O2/c28-17-8-9-21-15(11-17)12-24-27(21)16-5-3-4-14(10-16)22(29)23-13-20-18-6-1-2-7-19(18)25-26-20/h1-12,28H,13H2,(H,23,29)(H,25,26). The van der Waals surface area contributed by atoms with Crippen molar-refractivity contribution in [2.45, 2.75) is 6.54 Å². The third kappa shape index (κ3) is 3.08. The van der Waals surface area contributed by atoms with E-state index in [0.717, 1.165) is 33.2 Å². The van der Waals surface area contributed by atoms with Crippen LogP contribution in [0.4, 0.5) is 0 Å². The van der Waals surface area contributed by atoms with Gasteiger partial charge in [0.25, 0.3) is 5.91 Å². The van der Waals surface area contributed by atoms with E-state index in [0.29, 0.717) is 12.1 Å². The largest absolute Gasteiger partial charge is 0.508 e. The summed E-state index contributed by atoms with van der Waals surface area (Å²) in [7, 11) is 0. The summed E-state index contributed by atoms with van der Waals surface area (Å²) in [5.41, 5.74) is 3.89. The average Bonchev–Trinajstić information content (AvgIpc) is 3.36. The Morgan fingerprint density at radius 1 is 1.07 bits per heavy atom. The molecule has 0 aliphatic rings. The van der Waals surface area contributed by atoms with Gasteiger partial charge in [-0.25, -0.2) is 4.68 Å². The van der Waals surface area contributed by atoms with Crippen molar-refractivity contribution in [3.63, 3.8) is 0 Å². The van der Waals surface area contributed by atoms with Crippen molar-refractivity contribution in [3.05, 3.63) is 84.2 Å². The number of H-pyrrole nitrogens is 1. The predicted molar refractivity (Wildman–Crippen MR) is 110 cm³/mol. The number of para-hydroxylation sites is 1. The van der Waals surface area contributed by atoms with Gasteiger partial charge in [0.2, 0.25) is 0 Å². The van der Waals surface area contributed by atoms with Gasteiger partial charge >= 0.3 is 0 Å². The Morgan fingerprint density at radius 2 is 1.97 bits per heavy atom. The molecule has 2 heterocycles. The number of aromatic hydroxyl groups is 1. The van der Waals surface area contributed by atoms with Gasteiger partial charge in [-0.2, -0.15) is 10.2 Å². The molecule has 0 aliphatic heterocycles. The number of carbonyl (C=O) groups is 1. The zero-order valence-electron chi connectivity index (χ0n) is 15.3. The molecule has 1 amide bonds. The minimum atomic E-state index is -0.181. The number of nitrogens with zero attached hydrogens (tertiary/aromatic N) is 3. The summed E-state index contributed by atoms with van der Waals surface area (Å²) < 4.78 is 1.74. The number of aromatic amines is 1. The van der Waals surface area contributed by atoms with E-state index in [-0.39, 0.29) is 11.7 Å². The quantitative estimate of drug-likeness (QED) is 0.442. The molecule has 0 radical (unpaired) electrons. The van der Waals surface area contributed by atoms with Crippen LogP contribution in [0.25, 0.3) is 27.5 Å². The second-order valence-electron chi connectivity index (χ2n) is 6.75. The Kier molecular flexibility index (Phi) is 3.98. The highest BCUT2D eigenvalue weighted by Crippen LogP contribution is 2.23. The maximum atomic E-state index is 12.7. The molecule has 7 nitrogen and oxygen atoms in total. The zero-order chi connectivity index (χ0) is 19.8. The van der Waals surface area contributed by atoms with Crippen LogP contribution >= 0.6 is 0 Å². The summed E-state index contributed by atoms with van der Waals surface area (Å²) in [6, 6.07) is 20.1. The van der Waals surface area contributed by atoms with Crippen molar-refractivity contribution < 1.29 is 9.90 Å². The minimum Gasteiger partial charge on any atom is -0.508 e. The van der Waals surface area contributed by atoms with Gasteiger partial charge in [-0.3, -0.25) is 9.89 Å². The van der Waals surface area contributed by atoms with Gasteiger partial charge in [-0.05, 0) is 42.5 Å². The molecule has 2 aromatic heterocycles. The molecular formula is C22H17N5O2. The van der Waals surface area contributed by atoms with E-state index in [1.165, 1.54) is 0 Å². The Bertz CT molecular complexity index is 1350. The molecule has 0 aliphatic carbocycles. The number of rotatable bonds is 4. The van der Waals surface area contributed by atoms with Crippen molar-refractivity contribution >= 4 is 27.7 Å². The molecule has 0 saturated carbocycles. The van der Waals surface area contributed by atoms with E-state index in [1.54, 1.807) is 41.2 Å². The number of nitrogens with one attached hydrogen (secondary N) is 2. The van der Waals surface area contributed by atoms with Crippen LogP contribution in [0, 0.1) is 0 Å². The fourth-order valence-electron chi connectivity index (χ4n) is 3.42. The summed E-state index contributed by atoms with van der Waals surface area (Å²) in [5.74, 6) is 0.0103. The first kappa shape index (κ1) is 17.0. The first-order valence-corrected chi connectivity index (χ1v) is 9.16. The average molecular weight is 383 g/mol. The molecule has 0 fully saturated rings. The number of fused-ring (bicyclic) bond motifs is 2. The van der Waals surface area contributed by atoms with Gasteiger partial charge in [0, 0.05) is 16.3 Å². The van der Waals surface area contributed by atoms with Crippen molar-refractivity contribution in [3.8, 4) is 11.4 Å². The molecule has 0 saturated heterocycles. The van der Waals surface area contributed by atoms with Crippen LogP contribution in [0.15, 0.2) is 72.9 Å². The Balaban J connectivity index is 1.39. The Labute approximate surface area is 165 Å². The van der Waals surface area contributed by atoms with Crippen molar-refractivity contribution in [2.24, 2.45) is 0 Å². The van der Waals surface area contributed by atoms with Crippen LogP contribution < -0.4 is 5.32 Å². The number of amides is 1. The van der Waals surface area contributed by atoms with Gasteiger partial charge in [-0.1, -0.05) is 24.3 Å². The second kappa shape index (κ2) is 6.79. The fraction of sp³-hybridized carbons (Fsp3) is 0.0455. The number of phenolic OH excluding ortho intramolecular Hbond substituents is 1. The molecule has 142 valence electrons. The Morgan fingerprint density at radius 3 is 2.90 bits per heavy atom. The first-order valence-electron chi connectivity index (χ1n) is 9.16. The van der Waals surface area contributed by atoms with Gasteiger partial charge in [0.1, 0.15) is 5.75 Å². The molecular weight excluding hydrogens is 366 g/mol. The topological polar surface area (TPSA) is 95.8 Å². The molecule has 29 heavy (non-hydrogen) atoms. The summed E-state index contributed by atoms with van der Waals surface area (Å²) >= 11 is 0. The van der Waals surface area contributed by atoms with Crippen molar-refractivity contribution in [1.82, 2.24) is 25.3 Å².